The molecule has 2 atom stereocenters. The van der Waals surface area contributed by atoms with Gasteiger partial charge in [-0.1, -0.05) is 72.8 Å². The SMILES string of the molecule is Cc1ccccc1C1(O)CC2CCC(C1)N2C(=O)OCC1c2ccccc2-c2ccccc21. The van der Waals surface area contributed by atoms with Crippen molar-refractivity contribution in [3.63, 3.8) is 0 Å². The molecule has 0 radical (unpaired) electrons. The minimum atomic E-state index is -0.878. The van der Waals surface area contributed by atoms with Crippen LogP contribution < -0.4 is 0 Å². The molecule has 1 N–H and O–H groups in total. The molecule has 3 aliphatic rings. The van der Waals surface area contributed by atoms with E-state index in [1.54, 1.807) is 0 Å². The molecule has 4 nitrogen and oxygen atoms in total. The van der Waals surface area contributed by atoms with Gasteiger partial charge in [0.1, 0.15) is 6.61 Å². The maximum Gasteiger partial charge on any atom is 0.410 e. The van der Waals surface area contributed by atoms with Crippen LogP contribution in [0.15, 0.2) is 72.8 Å². The number of benzene rings is 3. The van der Waals surface area contributed by atoms with Gasteiger partial charge < -0.3 is 14.7 Å². The fraction of sp³-hybridized carbons (Fsp3) is 0.345. The molecule has 0 aromatic heterocycles. The van der Waals surface area contributed by atoms with E-state index in [1.807, 2.05) is 36.1 Å². The maximum absolute atomic E-state index is 13.3. The van der Waals surface area contributed by atoms with E-state index in [1.165, 1.54) is 22.3 Å². The standard InChI is InChI=1S/C29H29NO3/c1-19-8-2-7-13-27(19)29(32)16-20-14-15-21(17-29)30(20)28(31)33-18-26-24-11-5-3-9-22(24)23-10-4-6-12-25(23)26/h2-13,20-21,26,32H,14-18H2,1H3. The Labute approximate surface area is 194 Å². The highest BCUT2D eigenvalue weighted by molar-refractivity contribution is 5.79. The average Bonchev–Trinajstić information content (AvgIpc) is 3.30. The summed E-state index contributed by atoms with van der Waals surface area (Å²) in [5.41, 5.74) is 6.13. The summed E-state index contributed by atoms with van der Waals surface area (Å²) in [6.07, 6.45) is 2.74. The van der Waals surface area contributed by atoms with Crippen LogP contribution in [0.1, 0.15) is 53.9 Å². The number of aliphatic hydroxyl groups is 1. The van der Waals surface area contributed by atoms with Gasteiger partial charge in [-0.25, -0.2) is 4.79 Å². The molecule has 2 bridgehead atoms. The van der Waals surface area contributed by atoms with Crippen molar-refractivity contribution in [1.82, 2.24) is 4.90 Å². The van der Waals surface area contributed by atoms with E-state index >= 15 is 0 Å². The number of nitrogens with zero attached hydrogens (tertiary/aromatic N) is 1. The van der Waals surface area contributed by atoms with Crippen molar-refractivity contribution in [2.45, 2.75) is 56.2 Å². The molecule has 0 saturated carbocycles. The van der Waals surface area contributed by atoms with Gasteiger partial charge in [0.15, 0.2) is 0 Å². The highest BCUT2D eigenvalue weighted by Gasteiger charge is 2.51. The van der Waals surface area contributed by atoms with E-state index in [-0.39, 0.29) is 24.1 Å². The average molecular weight is 440 g/mol. The number of rotatable bonds is 3. The summed E-state index contributed by atoms with van der Waals surface area (Å²) in [5, 5.41) is 11.5. The highest BCUT2D eigenvalue weighted by atomic mass is 16.6. The smallest absolute Gasteiger partial charge is 0.410 e. The lowest BCUT2D eigenvalue weighted by Crippen LogP contribution is -2.52. The fourth-order valence-electron chi connectivity index (χ4n) is 6.51. The Morgan fingerprint density at radius 1 is 0.909 bits per heavy atom. The van der Waals surface area contributed by atoms with Crippen molar-refractivity contribution < 1.29 is 14.6 Å². The molecule has 2 aliphatic heterocycles. The van der Waals surface area contributed by atoms with Gasteiger partial charge in [-0.05, 0) is 53.1 Å². The molecule has 2 fully saturated rings. The number of carbonyl (C=O) groups is 1. The molecule has 6 rings (SSSR count). The molecule has 0 spiro atoms. The number of aryl methyl sites for hydroxylation is 1. The van der Waals surface area contributed by atoms with Crippen molar-refractivity contribution in [3.8, 4) is 11.1 Å². The largest absolute Gasteiger partial charge is 0.448 e. The molecule has 168 valence electrons. The van der Waals surface area contributed by atoms with Gasteiger partial charge in [0, 0.05) is 30.8 Å². The van der Waals surface area contributed by atoms with Crippen LogP contribution in [-0.2, 0) is 10.3 Å². The van der Waals surface area contributed by atoms with E-state index in [4.69, 9.17) is 4.74 Å². The predicted octanol–water partition coefficient (Wildman–Crippen LogP) is 5.76. The predicted molar refractivity (Wildman–Crippen MR) is 128 cm³/mol. The first-order valence-electron chi connectivity index (χ1n) is 12.0. The lowest BCUT2D eigenvalue weighted by molar-refractivity contribution is -0.0534. The van der Waals surface area contributed by atoms with Gasteiger partial charge in [0.25, 0.3) is 0 Å². The third-order valence-electron chi connectivity index (χ3n) is 7.96. The monoisotopic (exact) mass is 439 g/mol. The third kappa shape index (κ3) is 3.27. The lowest BCUT2D eigenvalue weighted by Gasteiger charge is -2.44. The van der Waals surface area contributed by atoms with Gasteiger partial charge in [-0.2, -0.15) is 0 Å². The van der Waals surface area contributed by atoms with Crippen LogP contribution in [0.3, 0.4) is 0 Å². The lowest BCUT2D eigenvalue weighted by atomic mass is 9.79. The van der Waals surface area contributed by atoms with E-state index in [0.29, 0.717) is 19.4 Å². The van der Waals surface area contributed by atoms with E-state index in [9.17, 15) is 9.90 Å². The van der Waals surface area contributed by atoms with E-state index in [0.717, 1.165) is 24.0 Å². The summed E-state index contributed by atoms with van der Waals surface area (Å²) in [4.78, 5) is 15.2. The zero-order valence-corrected chi connectivity index (χ0v) is 18.9. The zero-order chi connectivity index (χ0) is 22.6. The first kappa shape index (κ1) is 20.5. The summed E-state index contributed by atoms with van der Waals surface area (Å²) in [6.45, 7) is 2.39. The van der Waals surface area contributed by atoms with Crippen molar-refractivity contribution >= 4 is 6.09 Å². The summed E-state index contributed by atoms with van der Waals surface area (Å²) in [7, 11) is 0. The second kappa shape index (κ2) is 7.74. The van der Waals surface area contributed by atoms with Crippen LogP contribution >= 0.6 is 0 Å². The second-order valence-electron chi connectivity index (χ2n) is 9.85. The van der Waals surface area contributed by atoms with Crippen molar-refractivity contribution in [2.24, 2.45) is 0 Å². The summed E-state index contributed by atoms with van der Waals surface area (Å²) < 4.78 is 5.96. The molecule has 2 saturated heterocycles. The van der Waals surface area contributed by atoms with Crippen LogP contribution in [0.2, 0.25) is 0 Å². The van der Waals surface area contributed by atoms with Gasteiger partial charge in [0.2, 0.25) is 0 Å². The number of ether oxygens (including phenoxy) is 1. The first-order valence-corrected chi connectivity index (χ1v) is 12.0. The Balaban J connectivity index is 1.19. The number of fused-ring (bicyclic) bond motifs is 5. The van der Waals surface area contributed by atoms with E-state index < -0.39 is 5.60 Å². The Morgan fingerprint density at radius 2 is 1.45 bits per heavy atom. The maximum atomic E-state index is 13.3. The van der Waals surface area contributed by atoms with Crippen molar-refractivity contribution in [2.75, 3.05) is 6.61 Å². The number of piperidine rings is 1. The molecule has 1 aliphatic carbocycles. The summed E-state index contributed by atoms with van der Waals surface area (Å²) in [5.74, 6) is 0.0627. The normalized spacial score (nSPS) is 25.6. The molecule has 3 aromatic rings. The zero-order valence-electron chi connectivity index (χ0n) is 18.9. The topological polar surface area (TPSA) is 49.8 Å². The molecule has 1 amide bonds. The Morgan fingerprint density at radius 3 is 2.06 bits per heavy atom. The van der Waals surface area contributed by atoms with Crippen molar-refractivity contribution in [1.29, 1.82) is 0 Å². The Kier molecular flexibility index (Phi) is 4.81. The molecule has 3 aromatic carbocycles. The number of hydrogen-bond acceptors (Lipinski definition) is 3. The number of carbonyl (C=O) groups excluding carboxylic acids is 1. The fourth-order valence-corrected chi connectivity index (χ4v) is 6.51. The van der Waals surface area contributed by atoms with Crippen LogP contribution in [0.4, 0.5) is 4.79 Å². The van der Waals surface area contributed by atoms with Crippen LogP contribution in [-0.4, -0.2) is 34.8 Å². The Bertz CT molecular complexity index is 1160. The van der Waals surface area contributed by atoms with Crippen LogP contribution in [0.5, 0.6) is 0 Å². The van der Waals surface area contributed by atoms with E-state index in [2.05, 4.69) is 48.5 Å². The van der Waals surface area contributed by atoms with Gasteiger partial charge in [-0.3, -0.25) is 0 Å². The minimum absolute atomic E-state index is 0.0176. The second-order valence-corrected chi connectivity index (χ2v) is 9.85. The highest BCUT2D eigenvalue weighted by Crippen LogP contribution is 2.47. The number of hydrogen-bond donors (Lipinski definition) is 1. The van der Waals surface area contributed by atoms with Crippen LogP contribution in [0.25, 0.3) is 11.1 Å². The molecule has 2 heterocycles. The quantitative estimate of drug-likeness (QED) is 0.565. The molecular formula is C29H29NO3. The first-order chi connectivity index (χ1) is 16.0. The number of amides is 1. The van der Waals surface area contributed by atoms with Gasteiger partial charge in [-0.15, -0.1) is 0 Å². The molecule has 4 heteroatoms. The Hall–Kier alpha value is -3.11. The van der Waals surface area contributed by atoms with Gasteiger partial charge in [0.05, 0.1) is 5.60 Å². The molecule has 33 heavy (non-hydrogen) atoms. The molecular weight excluding hydrogens is 410 g/mol. The summed E-state index contributed by atoms with van der Waals surface area (Å²) in [6, 6.07) is 24.9. The van der Waals surface area contributed by atoms with Crippen LogP contribution in [0, 0.1) is 6.92 Å². The van der Waals surface area contributed by atoms with Gasteiger partial charge >= 0.3 is 6.09 Å². The summed E-state index contributed by atoms with van der Waals surface area (Å²) >= 11 is 0. The minimum Gasteiger partial charge on any atom is -0.448 e. The molecule has 2 unspecified atom stereocenters. The van der Waals surface area contributed by atoms with Crippen molar-refractivity contribution in [3.05, 3.63) is 95.1 Å². The third-order valence-corrected chi connectivity index (χ3v) is 7.96.